The van der Waals surface area contributed by atoms with Gasteiger partial charge in [-0.05, 0) is 81.5 Å². The molecule has 0 unspecified atom stereocenters. The standard InChI is InChI=1S/C30H24N10O4S3/c41-27(19-45-29-33-35-37-39(29)23-11-3-1-4-12-23)31-21-9-7-15-25(17-21)47(43,44)26-16-8-10-22(18-26)32-28(42)20-46-30-34-36-38-40(30)24-13-5-2-6-14-24/h1-18H,19-20H2,(H,31,41)(H,32,42). The molecule has 4 aromatic carbocycles. The Balaban J connectivity index is 1.07. The van der Waals surface area contributed by atoms with E-state index >= 15 is 0 Å². The summed E-state index contributed by atoms with van der Waals surface area (Å²) < 4.78 is 30.1. The highest BCUT2D eigenvalue weighted by atomic mass is 32.2. The monoisotopic (exact) mass is 684 g/mol. The lowest BCUT2D eigenvalue weighted by molar-refractivity contribution is -0.114. The van der Waals surface area contributed by atoms with Gasteiger partial charge >= 0.3 is 0 Å². The second kappa shape index (κ2) is 14.4. The summed E-state index contributed by atoms with van der Waals surface area (Å²) in [6.45, 7) is 0. The minimum Gasteiger partial charge on any atom is -0.325 e. The lowest BCUT2D eigenvalue weighted by atomic mass is 10.3. The Labute approximate surface area is 276 Å². The number of sulfone groups is 1. The van der Waals surface area contributed by atoms with Gasteiger partial charge in [0, 0.05) is 11.4 Å². The summed E-state index contributed by atoms with van der Waals surface area (Å²) in [6.07, 6.45) is 0. The quantitative estimate of drug-likeness (QED) is 0.178. The third-order valence-electron chi connectivity index (χ3n) is 6.40. The molecule has 0 fully saturated rings. The second-order valence-corrected chi connectivity index (χ2v) is 13.5. The molecule has 2 amide bonds. The number of para-hydroxylation sites is 2. The summed E-state index contributed by atoms with van der Waals surface area (Å²) in [5, 5.41) is 29.6. The van der Waals surface area contributed by atoms with Crippen LogP contribution in [0.4, 0.5) is 11.4 Å². The molecule has 0 aliphatic rings. The Bertz CT molecular complexity index is 1980. The molecule has 0 spiro atoms. The highest BCUT2D eigenvalue weighted by Crippen LogP contribution is 2.26. The van der Waals surface area contributed by atoms with Crippen LogP contribution in [-0.4, -0.2) is 72.2 Å². The molecule has 0 saturated heterocycles. The van der Waals surface area contributed by atoms with Gasteiger partial charge in [0.15, 0.2) is 0 Å². The number of aromatic nitrogens is 8. The molecule has 14 nitrogen and oxygen atoms in total. The number of anilines is 2. The molecule has 6 rings (SSSR count). The first-order valence-electron chi connectivity index (χ1n) is 13.8. The minimum atomic E-state index is -4.00. The largest absolute Gasteiger partial charge is 0.325 e. The molecule has 0 aliphatic heterocycles. The molecular formula is C30H24N10O4S3. The van der Waals surface area contributed by atoms with Crippen LogP contribution in [0.25, 0.3) is 11.4 Å². The van der Waals surface area contributed by atoms with Gasteiger partial charge in [0.25, 0.3) is 0 Å². The van der Waals surface area contributed by atoms with Gasteiger partial charge < -0.3 is 10.6 Å². The SMILES string of the molecule is O=C(CSc1nnnn1-c1ccccc1)Nc1cccc(S(=O)(=O)c2cccc(NC(=O)CSc3nnnn3-c3ccccc3)c2)c1. The second-order valence-electron chi connectivity index (χ2n) is 9.65. The summed E-state index contributed by atoms with van der Waals surface area (Å²) in [7, 11) is -4.00. The van der Waals surface area contributed by atoms with Crippen LogP contribution >= 0.6 is 23.5 Å². The number of tetrazole rings is 2. The van der Waals surface area contributed by atoms with Crippen LogP contribution in [0.1, 0.15) is 0 Å². The predicted octanol–water partition coefficient (Wildman–Crippen LogP) is 3.93. The van der Waals surface area contributed by atoms with E-state index in [1.54, 1.807) is 12.1 Å². The molecule has 2 N–H and O–H groups in total. The van der Waals surface area contributed by atoms with Gasteiger partial charge in [0.1, 0.15) is 0 Å². The average molecular weight is 685 g/mol. The van der Waals surface area contributed by atoms with E-state index in [1.165, 1.54) is 45.8 Å². The maximum Gasteiger partial charge on any atom is 0.234 e. The highest BCUT2D eigenvalue weighted by Gasteiger charge is 2.20. The summed E-state index contributed by atoms with van der Waals surface area (Å²) in [6, 6.07) is 30.4. The van der Waals surface area contributed by atoms with Crippen LogP contribution in [0.3, 0.4) is 0 Å². The highest BCUT2D eigenvalue weighted by molar-refractivity contribution is 8.00. The van der Waals surface area contributed by atoms with Crippen molar-refractivity contribution in [2.24, 2.45) is 0 Å². The van der Waals surface area contributed by atoms with Crippen molar-refractivity contribution in [1.82, 2.24) is 40.4 Å². The van der Waals surface area contributed by atoms with Gasteiger partial charge in [-0.3, -0.25) is 9.59 Å². The number of carbonyl (C=O) groups excluding carboxylic acids is 2. The minimum absolute atomic E-state index is 0.00855. The van der Waals surface area contributed by atoms with Crippen molar-refractivity contribution in [1.29, 1.82) is 0 Å². The smallest absolute Gasteiger partial charge is 0.234 e. The molecule has 47 heavy (non-hydrogen) atoms. The summed E-state index contributed by atoms with van der Waals surface area (Å²) in [5.74, 6) is -0.753. The Morgan fingerprint density at radius 1 is 0.596 bits per heavy atom. The van der Waals surface area contributed by atoms with Crippen molar-refractivity contribution in [3.8, 4) is 11.4 Å². The van der Waals surface area contributed by atoms with Gasteiger partial charge in [-0.25, -0.2) is 8.42 Å². The van der Waals surface area contributed by atoms with Gasteiger partial charge in [0.2, 0.25) is 32.0 Å². The molecule has 0 saturated carbocycles. The number of nitrogens with zero attached hydrogens (tertiary/aromatic N) is 8. The molecule has 17 heteroatoms. The maximum absolute atomic E-state index is 13.5. The number of amides is 2. The number of carbonyl (C=O) groups is 2. The first kappa shape index (κ1) is 31.6. The fourth-order valence-electron chi connectivity index (χ4n) is 4.27. The Hall–Kier alpha value is -5.39. The predicted molar refractivity (Wildman–Crippen MR) is 175 cm³/mol. The van der Waals surface area contributed by atoms with Gasteiger partial charge in [-0.1, -0.05) is 72.1 Å². The fraction of sp³-hybridized carbons (Fsp3) is 0.0667. The van der Waals surface area contributed by atoms with Crippen molar-refractivity contribution < 1.29 is 18.0 Å². The van der Waals surface area contributed by atoms with E-state index in [0.29, 0.717) is 21.7 Å². The third-order valence-corrected chi connectivity index (χ3v) is 9.99. The lowest BCUT2D eigenvalue weighted by Crippen LogP contribution is -2.15. The molecule has 6 aromatic rings. The zero-order chi connectivity index (χ0) is 32.6. The molecule has 2 aromatic heterocycles. The van der Waals surface area contributed by atoms with Crippen molar-refractivity contribution in [3.05, 3.63) is 109 Å². The Morgan fingerprint density at radius 2 is 1.02 bits per heavy atom. The van der Waals surface area contributed by atoms with Crippen LogP contribution in [0.2, 0.25) is 0 Å². The summed E-state index contributed by atoms with van der Waals surface area (Å²) >= 11 is 2.28. The van der Waals surface area contributed by atoms with Crippen molar-refractivity contribution in [2.75, 3.05) is 22.1 Å². The molecule has 236 valence electrons. The van der Waals surface area contributed by atoms with Crippen LogP contribution in [0.5, 0.6) is 0 Å². The van der Waals surface area contributed by atoms with Crippen molar-refractivity contribution in [3.63, 3.8) is 0 Å². The maximum atomic E-state index is 13.5. The molecule has 0 aliphatic carbocycles. The molecule has 0 bridgehead atoms. The summed E-state index contributed by atoms with van der Waals surface area (Å²) in [4.78, 5) is 25.4. The van der Waals surface area contributed by atoms with E-state index in [9.17, 15) is 18.0 Å². The normalized spacial score (nSPS) is 11.2. The Morgan fingerprint density at radius 3 is 1.45 bits per heavy atom. The third kappa shape index (κ3) is 7.71. The topological polar surface area (TPSA) is 180 Å². The zero-order valence-corrected chi connectivity index (χ0v) is 26.7. The van der Waals surface area contributed by atoms with Crippen molar-refractivity contribution >= 4 is 56.6 Å². The van der Waals surface area contributed by atoms with Crippen LogP contribution in [0.15, 0.2) is 129 Å². The molecular weight excluding hydrogens is 661 g/mol. The van der Waals surface area contributed by atoms with E-state index in [1.807, 2.05) is 60.7 Å². The molecule has 2 heterocycles. The average Bonchev–Trinajstić information content (AvgIpc) is 3.77. The Kier molecular flexibility index (Phi) is 9.65. The zero-order valence-electron chi connectivity index (χ0n) is 24.2. The molecule has 0 atom stereocenters. The lowest BCUT2D eigenvalue weighted by Gasteiger charge is -2.10. The summed E-state index contributed by atoms with van der Waals surface area (Å²) in [5.41, 5.74) is 2.11. The number of rotatable bonds is 12. The van der Waals surface area contributed by atoms with Gasteiger partial charge in [-0.15, -0.1) is 10.2 Å². The van der Waals surface area contributed by atoms with E-state index in [0.717, 1.165) is 34.9 Å². The van der Waals surface area contributed by atoms with Crippen molar-refractivity contribution in [2.45, 2.75) is 20.1 Å². The van der Waals surface area contributed by atoms with Crippen LogP contribution < -0.4 is 10.6 Å². The molecule has 0 radical (unpaired) electrons. The number of benzene rings is 4. The first-order chi connectivity index (χ1) is 22.9. The van der Waals surface area contributed by atoms with E-state index in [-0.39, 0.29) is 33.1 Å². The first-order valence-corrected chi connectivity index (χ1v) is 17.3. The number of nitrogens with one attached hydrogen (secondary N) is 2. The van der Waals surface area contributed by atoms with Crippen LogP contribution in [-0.2, 0) is 19.4 Å². The number of hydrogen-bond donors (Lipinski definition) is 2. The number of hydrogen-bond acceptors (Lipinski definition) is 12. The van der Waals surface area contributed by atoms with Gasteiger partial charge in [0.05, 0.1) is 32.7 Å². The van der Waals surface area contributed by atoms with E-state index in [4.69, 9.17) is 0 Å². The van der Waals surface area contributed by atoms with Crippen LogP contribution in [0, 0.1) is 0 Å². The van der Waals surface area contributed by atoms with E-state index < -0.39 is 9.84 Å². The number of thioether (sulfide) groups is 2. The fourth-order valence-corrected chi connectivity index (χ4v) is 7.01. The van der Waals surface area contributed by atoms with Gasteiger partial charge in [-0.2, -0.15) is 9.36 Å². The van der Waals surface area contributed by atoms with E-state index in [2.05, 4.69) is 41.7 Å².